The van der Waals surface area contributed by atoms with Gasteiger partial charge in [0.05, 0.1) is 0 Å². The highest BCUT2D eigenvalue weighted by molar-refractivity contribution is 4.97. The van der Waals surface area contributed by atoms with E-state index in [0.29, 0.717) is 0 Å². The number of aromatic nitrogens is 4. The van der Waals surface area contributed by atoms with Crippen LogP contribution in [0.4, 0.5) is 0 Å². The zero-order valence-electron chi connectivity index (χ0n) is 5.21. The molecule has 56 valence electrons. The molecule has 0 aliphatic carbocycles. The molecule has 1 aliphatic heterocycles. The first-order chi connectivity index (χ1) is 5.31. The van der Waals surface area contributed by atoms with Gasteiger partial charge >= 0.3 is 5.79 Å². The molecule has 2 rings (SSSR count). The maximum absolute atomic E-state index is 5.52. The van der Waals surface area contributed by atoms with Gasteiger partial charge in [0, 0.05) is 0 Å². The Balaban J connectivity index is 2.43. The fraction of sp³-hybridized carbons (Fsp3) is 0.500. The van der Waals surface area contributed by atoms with Crippen LogP contribution in [-0.2, 0) is 5.79 Å². The van der Waals surface area contributed by atoms with Crippen LogP contribution in [0.25, 0.3) is 0 Å². The maximum atomic E-state index is 5.52. The van der Waals surface area contributed by atoms with Gasteiger partial charge < -0.3 is 0 Å². The van der Waals surface area contributed by atoms with Gasteiger partial charge in [-0.1, -0.05) is 0 Å². The molecular weight excluding hydrogens is 150 g/mol. The minimum Gasteiger partial charge on any atom is -0.279 e. The lowest BCUT2D eigenvalue weighted by atomic mass is 10.4. The number of aromatic amines is 1. The van der Waals surface area contributed by atoms with Gasteiger partial charge in [0.25, 0.3) is 0 Å². The summed E-state index contributed by atoms with van der Waals surface area (Å²) in [5.41, 5.74) is 5.52. The van der Waals surface area contributed by atoms with E-state index in [4.69, 9.17) is 5.73 Å². The number of hydrogen-bond donors (Lipinski definition) is 2. The molecule has 0 amide bonds. The second-order valence-electron chi connectivity index (χ2n) is 1.84. The van der Waals surface area contributed by atoms with Crippen molar-refractivity contribution in [3.05, 3.63) is 5.82 Å². The lowest BCUT2D eigenvalue weighted by Crippen LogP contribution is -2.31. The Morgan fingerprint density at radius 1 is 1.27 bits per heavy atom. The van der Waals surface area contributed by atoms with Gasteiger partial charge in [-0.15, -0.1) is 20.4 Å². The van der Waals surface area contributed by atoms with Crippen molar-refractivity contribution in [3.63, 3.8) is 0 Å². The van der Waals surface area contributed by atoms with E-state index in [-0.39, 0.29) is 5.82 Å². The summed E-state index contributed by atoms with van der Waals surface area (Å²) in [5, 5.41) is 26.1. The Morgan fingerprint density at radius 2 is 2.00 bits per heavy atom. The first-order valence-electron chi connectivity index (χ1n) is 2.68. The number of nitrogens with two attached hydrogens (primary N) is 1. The van der Waals surface area contributed by atoms with E-state index in [9.17, 15) is 0 Å². The van der Waals surface area contributed by atoms with Gasteiger partial charge in [0.1, 0.15) is 0 Å². The second-order valence-corrected chi connectivity index (χ2v) is 1.84. The molecule has 0 unspecified atom stereocenters. The van der Waals surface area contributed by atoms with Crippen molar-refractivity contribution in [2.24, 2.45) is 26.4 Å². The molecule has 0 fully saturated rings. The smallest absolute Gasteiger partial charge is 0.279 e. The van der Waals surface area contributed by atoms with Crippen molar-refractivity contribution < 1.29 is 0 Å². The zero-order valence-corrected chi connectivity index (χ0v) is 5.21. The summed E-state index contributed by atoms with van der Waals surface area (Å²) >= 11 is 0. The van der Waals surface area contributed by atoms with E-state index in [1.54, 1.807) is 0 Å². The van der Waals surface area contributed by atoms with Crippen LogP contribution in [0.5, 0.6) is 0 Å². The van der Waals surface area contributed by atoms with Gasteiger partial charge in [0.2, 0.25) is 5.82 Å². The lowest BCUT2D eigenvalue weighted by Gasteiger charge is -2.05. The third-order valence-electron chi connectivity index (χ3n) is 1.11. The molecule has 9 nitrogen and oxygen atoms in total. The molecule has 0 saturated heterocycles. The normalized spacial score (nSPS) is 19.4. The number of nitrogens with one attached hydrogen (secondary N) is 1. The summed E-state index contributed by atoms with van der Waals surface area (Å²) in [6, 6.07) is 0. The number of tetrazole rings is 1. The minimum absolute atomic E-state index is 0.141. The minimum atomic E-state index is -1.38. The molecule has 0 radical (unpaired) electrons. The maximum Gasteiger partial charge on any atom is 0.308 e. The van der Waals surface area contributed by atoms with Crippen LogP contribution in [0, 0.1) is 0 Å². The topological polar surface area (TPSA) is 130 Å². The van der Waals surface area contributed by atoms with E-state index < -0.39 is 5.79 Å². The highest BCUT2D eigenvalue weighted by Crippen LogP contribution is 2.21. The van der Waals surface area contributed by atoms with Gasteiger partial charge in [0.15, 0.2) is 0 Å². The van der Waals surface area contributed by atoms with Crippen molar-refractivity contribution in [1.29, 1.82) is 0 Å². The highest BCUT2D eigenvalue weighted by Gasteiger charge is 2.34. The molecule has 9 heteroatoms. The molecule has 0 spiro atoms. The van der Waals surface area contributed by atoms with Crippen molar-refractivity contribution in [2.45, 2.75) is 5.79 Å². The molecule has 0 bridgehead atoms. The first-order valence-corrected chi connectivity index (χ1v) is 2.68. The molecule has 0 saturated carbocycles. The zero-order chi connectivity index (χ0) is 7.73. The van der Waals surface area contributed by atoms with Crippen LogP contribution in [0.3, 0.4) is 0 Å². The van der Waals surface area contributed by atoms with Gasteiger partial charge in [-0.25, -0.2) is 0 Å². The molecule has 0 aromatic carbocycles. The SMILES string of the molecule is NC1(c2nn[nH]n2)N=NN=N1. The molecule has 2 heterocycles. The molecule has 11 heavy (non-hydrogen) atoms. The fourth-order valence-corrected chi connectivity index (χ4v) is 0.603. The molecule has 1 aliphatic rings. The van der Waals surface area contributed by atoms with E-state index in [1.165, 1.54) is 0 Å². The van der Waals surface area contributed by atoms with Gasteiger partial charge in [-0.2, -0.15) is 5.21 Å². The number of hydrogen-bond acceptors (Lipinski definition) is 8. The summed E-state index contributed by atoms with van der Waals surface area (Å²) < 4.78 is 0. The van der Waals surface area contributed by atoms with Gasteiger partial charge in [-0.3, -0.25) is 5.73 Å². The first kappa shape index (κ1) is 5.97. The Bertz CT molecular complexity index is 281. The summed E-state index contributed by atoms with van der Waals surface area (Å²) in [5.74, 6) is -1.24. The Labute approximate surface area is 59.8 Å². The summed E-state index contributed by atoms with van der Waals surface area (Å²) in [4.78, 5) is 0. The average molecular weight is 153 g/mol. The molecule has 1 aromatic rings. The molecule has 0 atom stereocenters. The molecule has 3 N–H and O–H groups in total. The number of nitrogens with zero attached hydrogens (tertiary/aromatic N) is 7. The predicted molar refractivity (Wildman–Crippen MR) is 29.8 cm³/mol. The summed E-state index contributed by atoms with van der Waals surface area (Å²) in [6.45, 7) is 0. The van der Waals surface area contributed by atoms with Crippen LogP contribution in [-0.4, -0.2) is 20.6 Å². The van der Waals surface area contributed by atoms with Crippen LogP contribution in [0.1, 0.15) is 5.82 Å². The average Bonchev–Trinajstić information content (AvgIpc) is 2.55. The van der Waals surface area contributed by atoms with Crippen molar-refractivity contribution in [3.8, 4) is 0 Å². The summed E-state index contributed by atoms with van der Waals surface area (Å²) in [6.07, 6.45) is 0. The van der Waals surface area contributed by atoms with E-state index in [0.717, 1.165) is 0 Å². The quantitative estimate of drug-likeness (QED) is 0.541. The molecular formula is C2H3N9. The third-order valence-corrected chi connectivity index (χ3v) is 1.11. The van der Waals surface area contributed by atoms with Crippen LogP contribution in [0.2, 0.25) is 0 Å². The number of rotatable bonds is 1. The monoisotopic (exact) mass is 153 g/mol. The fourth-order valence-electron chi connectivity index (χ4n) is 0.603. The number of H-pyrrole nitrogens is 1. The van der Waals surface area contributed by atoms with Crippen molar-refractivity contribution in [2.75, 3.05) is 0 Å². The highest BCUT2D eigenvalue weighted by atomic mass is 15.6. The van der Waals surface area contributed by atoms with E-state index >= 15 is 0 Å². The standard InChI is InChI=1S/C2H3N9/c3-2(6-10-11-7-2)1-4-8-9-5-1/h3H2,(H,4,5,8,9). The van der Waals surface area contributed by atoms with Crippen molar-refractivity contribution >= 4 is 0 Å². The predicted octanol–water partition coefficient (Wildman–Crippen LogP) is -0.898. The largest absolute Gasteiger partial charge is 0.308 e. The Hall–Kier alpha value is -1.77. The van der Waals surface area contributed by atoms with Crippen LogP contribution in [0.15, 0.2) is 20.7 Å². The third kappa shape index (κ3) is 0.781. The lowest BCUT2D eigenvalue weighted by molar-refractivity contribution is 0.455. The molecule has 1 aromatic heterocycles. The summed E-state index contributed by atoms with van der Waals surface area (Å²) in [7, 11) is 0. The Kier molecular flexibility index (Phi) is 1.01. The van der Waals surface area contributed by atoms with Crippen molar-refractivity contribution in [1.82, 2.24) is 20.6 Å². The second kappa shape index (κ2) is 1.85. The van der Waals surface area contributed by atoms with E-state index in [2.05, 4.69) is 41.3 Å². The Morgan fingerprint density at radius 3 is 2.55 bits per heavy atom. The van der Waals surface area contributed by atoms with Gasteiger partial charge in [-0.05, 0) is 15.7 Å². The van der Waals surface area contributed by atoms with Crippen LogP contribution >= 0.6 is 0 Å². The van der Waals surface area contributed by atoms with E-state index in [1.807, 2.05) is 0 Å². The van der Waals surface area contributed by atoms with Crippen LogP contribution < -0.4 is 5.73 Å².